The van der Waals surface area contributed by atoms with Crippen LogP contribution >= 0.6 is 0 Å². The average molecular weight is 353 g/mol. The Morgan fingerprint density at radius 1 is 1.31 bits per heavy atom. The second kappa shape index (κ2) is 7.62. The van der Waals surface area contributed by atoms with Crippen molar-refractivity contribution >= 4 is 5.97 Å². The lowest BCUT2D eigenvalue weighted by Gasteiger charge is -2.29. The van der Waals surface area contributed by atoms with Crippen molar-refractivity contribution < 1.29 is 9.53 Å². The van der Waals surface area contributed by atoms with E-state index in [0.717, 1.165) is 31.6 Å². The predicted molar refractivity (Wildman–Crippen MR) is 100 cm³/mol. The molecule has 0 spiro atoms. The number of esters is 1. The van der Waals surface area contributed by atoms with Crippen LogP contribution in [0.25, 0.3) is 0 Å². The van der Waals surface area contributed by atoms with E-state index in [1.807, 2.05) is 12.1 Å². The summed E-state index contributed by atoms with van der Waals surface area (Å²) in [5.41, 5.74) is 5.83. The van der Waals surface area contributed by atoms with Gasteiger partial charge in [0.05, 0.1) is 18.4 Å². The van der Waals surface area contributed by atoms with Crippen LogP contribution in [0.4, 0.5) is 0 Å². The zero-order valence-corrected chi connectivity index (χ0v) is 15.5. The number of nitrogens with one attached hydrogen (secondary N) is 1. The van der Waals surface area contributed by atoms with Gasteiger partial charge in [0.1, 0.15) is 0 Å². The van der Waals surface area contributed by atoms with Crippen molar-refractivity contribution in [2.24, 2.45) is 0 Å². The molecule has 0 saturated heterocycles. The van der Waals surface area contributed by atoms with Gasteiger partial charge in [0.2, 0.25) is 0 Å². The minimum atomic E-state index is -0.276. The molecule has 1 aliphatic heterocycles. The Balaban J connectivity index is 1.48. The number of nitrogens with zero attached hydrogens (tertiary/aromatic N) is 2. The minimum Gasteiger partial charge on any atom is -0.465 e. The minimum absolute atomic E-state index is 0.276. The number of fused-ring (bicyclic) bond motifs is 1. The van der Waals surface area contributed by atoms with Crippen molar-refractivity contribution in [2.75, 3.05) is 13.7 Å². The molecule has 0 radical (unpaired) electrons. The Labute approximate surface area is 154 Å². The molecular weight excluding hydrogens is 326 g/mol. The summed E-state index contributed by atoms with van der Waals surface area (Å²) >= 11 is 0. The maximum atomic E-state index is 11.8. The smallest absolute Gasteiger partial charge is 0.337 e. The van der Waals surface area contributed by atoms with Crippen LogP contribution in [0.2, 0.25) is 0 Å². The summed E-state index contributed by atoms with van der Waals surface area (Å²) in [6.45, 7) is 2.81. The third-order valence-corrected chi connectivity index (χ3v) is 5.79. The molecular formula is C21H27N3O2. The number of benzene rings is 1. The zero-order chi connectivity index (χ0) is 17.9. The summed E-state index contributed by atoms with van der Waals surface area (Å²) < 4.78 is 4.84. The lowest BCUT2D eigenvalue weighted by Crippen LogP contribution is -2.30. The van der Waals surface area contributed by atoms with Crippen LogP contribution in [0.3, 0.4) is 0 Å². The Kier molecular flexibility index (Phi) is 5.07. The molecule has 5 nitrogen and oxygen atoms in total. The largest absolute Gasteiger partial charge is 0.465 e. The van der Waals surface area contributed by atoms with E-state index in [2.05, 4.69) is 16.1 Å². The number of methoxy groups -OCH3 is 1. The summed E-state index contributed by atoms with van der Waals surface area (Å²) in [5, 5.41) is 8.00. The highest BCUT2D eigenvalue weighted by atomic mass is 16.5. The van der Waals surface area contributed by atoms with Gasteiger partial charge in [-0.3, -0.25) is 10.00 Å². The fourth-order valence-corrected chi connectivity index (χ4v) is 4.39. The molecule has 1 saturated carbocycles. The van der Waals surface area contributed by atoms with Crippen LogP contribution in [0.15, 0.2) is 24.3 Å². The second-order valence-corrected chi connectivity index (χ2v) is 7.55. The van der Waals surface area contributed by atoms with Crippen LogP contribution < -0.4 is 0 Å². The van der Waals surface area contributed by atoms with Gasteiger partial charge < -0.3 is 4.74 Å². The zero-order valence-electron chi connectivity index (χ0n) is 15.5. The highest BCUT2D eigenvalue weighted by molar-refractivity contribution is 5.89. The van der Waals surface area contributed by atoms with Crippen molar-refractivity contribution in [1.82, 2.24) is 15.1 Å². The van der Waals surface area contributed by atoms with Gasteiger partial charge in [-0.1, -0.05) is 31.4 Å². The van der Waals surface area contributed by atoms with Crippen LogP contribution in [0, 0.1) is 0 Å². The van der Waals surface area contributed by atoms with Crippen molar-refractivity contribution in [3.05, 3.63) is 52.3 Å². The SMILES string of the molecule is COC(=O)c1cccc(CN2CCc3[nH]nc(C4CCCCC4)c3C2)c1. The van der Waals surface area contributed by atoms with E-state index >= 15 is 0 Å². The summed E-state index contributed by atoms with van der Waals surface area (Å²) in [7, 11) is 1.42. The number of carbonyl (C=O) groups excluding carboxylic acids is 1. The number of hydrogen-bond donors (Lipinski definition) is 1. The topological polar surface area (TPSA) is 58.2 Å². The van der Waals surface area contributed by atoms with Crippen molar-refractivity contribution in [2.45, 2.75) is 57.5 Å². The molecule has 1 aromatic carbocycles. The molecule has 0 amide bonds. The van der Waals surface area contributed by atoms with E-state index in [4.69, 9.17) is 9.84 Å². The van der Waals surface area contributed by atoms with Gasteiger partial charge in [-0.2, -0.15) is 5.10 Å². The van der Waals surface area contributed by atoms with E-state index in [1.165, 1.54) is 56.2 Å². The molecule has 1 N–H and O–H groups in total. The summed E-state index contributed by atoms with van der Waals surface area (Å²) in [6.07, 6.45) is 7.60. The van der Waals surface area contributed by atoms with E-state index in [1.54, 1.807) is 6.07 Å². The lowest BCUT2D eigenvalue weighted by molar-refractivity contribution is 0.0600. The van der Waals surface area contributed by atoms with E-state index in [9.17, 15) is 4.79 Å². The first-order valence-electron chi connectivity index (χ1n) is 9.70. The quantitative estimate of drug-likeness (QED) is 0.850. The standard InChI is InChI=1S/C21H27N3O2/c1-26-21(25)17-9-5-6-15(12-17)13-24-11-10-19-18(14-24)20(23-22-19)16-7-3-2-4-8-16/h5-6,9,12,16H,2-4,7-8,10-11,13-14H2,1H3,(H,22,23). The third-order valence-electron chi connectivity index (χ3n) is 5.79. The van der Waals surface area contributed by atoms with Crippen molar-refractivity contribution in [1.29, 1.82) is 0 Å². The van der Waals surface area contributed by atoms with Gasteiger partial charge >= 0.3 is 5.97 Å². The number of hydrogen-bond acceptors (Lipinski definition) is 4. The fraction of sp³-hybridized carbons (Fsp3) is 0.524. The Morgan fingerprint density at radius 2 is 2.15 bits per heavy atom. The molecule has 0 unspecified atom stereocenters. The second-order valence-electron chi connectivity index (χ2n) is 7.55. The van der Waals surface area contributed by atoms with Gasteiger partial charge in [-0.05, 0) is 30.5 Å². The molecule has 5 heteroatoms. The van der Waals surface area contributed by atoms with Crippen LogP contribution in [0.5, 0.6) is 0 Å². The predicted octanol–water partition coefficient (Wildman–Crippen LogP) is 3.80. The van der Waals surface area contributed by atoms with Crippen molar-refractivity contribution in [3.63, 3.8) is 0 Å². The van der Waals surface area contributed by atoms with Gasteiger partial charge in [-0.15, -0.1) is 0 Å². The number of aromatic amines is 1. The molecule has 2 aliphatic rings. The lowest BCUT2D eigenvalue weighted by atomic mass is 9.84. The summed E-state index contributed by atoms with van der Waals surface area (Å²) in [6, 6.07) is 7.77. The highest BCUT2D eigenvalue weighted by Crippen LogP contribution is 2.35. The molecule has 2 aromatic rings. The number of aromatic nitrogens is 2. The molecule has 1 fully saturated rings. The maximum Gasteiger partial charge on any atom is 0.337 e. The molecule has 1 aliphatic carbocycles. The van der Waals surface area contributed by atoms with E-state index in [-0.39, 0.29) is 5.97 Å². The molecule has 26 heavy (non-hydrogen) atoms. The monoisotopic (exact) mass is 353 g/mol. The number of rotatable bonds is 4. The molecule has 0 atom stereocenters. The number of ether oxygens (including phenoxy) is 1. The summed E-state index contributed by atoms with van der Waals surface area (Å²) in [5.74, 6) is 0.355. The van der Waals surface area contributed by atoms with Crippen LogP contribution in [-0.2, 0) is 24.2 Å². The molecule has 1 aromatic heterocycles. The normalized spacial score (nSPS) is 18.5. The first-order chi connectivity index (χ1) is 12.7. The first-order valence-corrected chi connectivity index (χ1v) is 9.70. The first kappa shape index (κ1) is 17.3. The summed E-state index contributed by atoms with van der Waals surface area (Å²) in [4.78, 5) is 14.2. The molecule has 0 bridgehead atoms. The van der Waals surface area contributed by atoms with E-state index in [0.29, 0.717) is 11.5 Å². The molecule has 2 heterocycles. The molecule has 138 valence electrons. The van der Waals surface area contributed by atoms with Crippen LogP contribution in [-0.4, -0.2) is 34.7 Å². The highest BCUT2D eigenvalue weighted by Gasteiger charge is 2.27. The number of H-pyrrole nitrogens is 1. The number of carbonyl (C=O) groups is 1. The van der Waals surface area contributed by atoms with Gasteiger partial charge in [0.25, 0.3) is 0 Å². The van der Waals surface area contributed by atoms with Gasteiger partial charge in [0, 0.05) is 43.2 Å². The van der Waals surface area contributed by atoms with Crippen LogP contribution in [0.1, 0.15) is 70.9 Å². The maximum absolute atomic E-state index is 11.8. The average Bonchev–Trinajstić information content (AvgIpc) is 3.11. The van der Waals surface area contributed by atoms with Crippen molar-refractivity contribution in [3.8, 4) is 0 Å². The third kappa shape index (κ3) is 3.54. The fourth-order valence-electron chi connectivity index (χ4n) is 4.39. The Bertz CT molecular complexity index is 777. The Hall–Kier alpha value is -2.14. The van der Waals surface area contributed by atoms with E-state index < -0.39 is 0 Å². The Morgan fingerprint density at radius 3 is 2.96 bits per heavy atom. The molecule has 4 rings (SSSR count). The van der Waals surface area contributed by atoms with Gasteiger partial charge in [-0.25, -0.2) is 4.79 Å². The van der Waals surface area contributed by atoms with Gasteiger partial charge in [0.15, 0.2) is 0 Å².